The molecule has 0 atom stereocenters. The zero-order valence-electron chi connectivity index (χ0n) is 11.5. The number of nitrogen functional groups attached to an aromatic ring is 1. The van der Waals surface area contributed by atoms with E-state index in [4.69, 9.17) is 5.73 Å². The van der Waals surface area contributed by atoms with Crippen LogP contribution >= 0.6 is 0 Å². The maximum absolute atomic E-state index is 11.8. The Bertz CT molecular complexity index is 653. The number of hydrogen-bond acceptors (Lipinski definition) is 4. The minimum Gasteiger partial charge on any atom is -0.507 e. The number of aromatic hydroxyl groups is 1. The predicted molar refractivity (Wildman–Crippen MR) is 83.8 cm³/mol. The van der Waals surface area contributed by atoms with Crippen LogP contribution in [0.5, 0.6) is 5.75 Å². The molecule has 108 valence electrons. The summed E-state index contributed by atoms with van der Waals surface area (Å²) in [6.07, 6.45) is 1.68. The predicted octanol–water partition coefficient (Wildman–Crippen LogP) is 1.82. The van der Waals surface area contributed by atoms with Crippen LogP contribution < -0.4 is 11.1 Å². The molecule has 21 heavy (non-hydrogen) atoms. The van der Waals surface area contributed by atoms with Crippen molar-refractivity contribution in [2.45, 2.75) is 0 Å². The first-order valence-corrected chi connectivity index (χ1v) is 6.59. The van der Waals surface area contributed by atoms with Crippen LogP contribution in [0.4, 0.5) is 5.69 Å². The van der Waals surface area contributed by atoms with Gasteiger partial charge in [0, 0.05) is 24.0 Å². The van der Waals surface area contributed by atoms with Crippen molar-refractivity contribution in [1.29, 1.82) is 0 Å². The van der Waals surface area contributed by atoms with Crippen molar-refractivity contribution in [1.82, 2.24) is 5.32 Å². The number of carbonyl (C=O) groups excluding carboxylic acids is 1. The average Bonchev–Trinajstić information content (AvgIpc) is 2.49. The number of benzene rings is 2. The third kappa shape index (κ3) is 4.07. The maximum Gasteiger partial charge on any atom is 0.255 e. The molecule has 0 radical (unpaired) electrons. The summed E-state index contributed by atoms with van der Waals surface area (Å²) in [4.78, 5) is 16.0. The minimum atomic E-state index is -0.317. The summed E-state index contributed by atoms with van der Waals surface area (Å²) in [5.74, 6) is -0.349. The Kier molecular flexibility index (Phi) is 4.93. The number of para-hydroxylation sites is 2. The van der Waals surface area contributed by atoms with E-state index in [1.165, 1.54) is 6.07 Å². The third-order valence-electron chi connectivity index (χ3n) is 2.90. The number of amides is 1. The van der Waals surface area contributed by atoms with E-state index in [-0.39, 0.29) is 17.2 Å². The smallest absolute Gasteiger partial charge is 0.255 e. The van der Waals surface area contributed by atoms with E-state index >= 15 is 0 Å². The number of nitrogens with two attached hydrogens (primary N) is 1. The quantitative estimate of drug-likeness (QED) is 0.444. The van der Waals surface area contributed by atoms with Gasteiger partial charge in [-0.1, -0.05) is 30.3 Å². The second kappa shape index (κ2) is 7.09. The van der Waals surface area contributed by atoms with E-state index in [0.29, 0.717) is 18.8 Å². The van der Waals surface area contributed by atoms with Gasteiger partial charge in [-0.25, -0.2) is 0 Å². The standard InChI is InChI=1S/C16H17N3O2/c17-14-7-3-1-5-12(14)11-18-9-10-19-16(21)13-6-2-4-8-15(13)20/h1-8,11,20H,9-10,17H2,(H,19,21). The van der Waals surface area contributed by atoms with Crippen LogP contribution in [0.3, 0.4) is 0 Å². The Morgan fingerprint density at radius 2 is 1.90 bits per heavy atom. The molecule has 0 heterocycles. The summed E-state index contributed by atoms with van der Waals surface area (Å²) in [5, 5.41) is 12.3. The van der Waals surface area contributed by atoms with Gasteiger partial charge in [0.2, 0.25) is 0 Å². The fourth-order valence-electron chi connectivity index (χ4n) is 1.79. The van der Waals surface area contributed by atoms with Crippen molar-refractivity contribution in [3.05, 3.63) is 59.7 Å². The zero-order chi connectivity index (χ0) is 15.1. The summed E-state index contributed by atoms with van der Waals surface area (Å²) >= 11 is 0. The number of nitrogens with one attached hydrogen (secondary N) is 1. The van der Waals surface area contributed by atoms with Crippen LogP contribution in [-0.2, 0) is 0 Å². The van der Waals surface area contributed by atoms with Crippen molar-refractivity contribution in [2.24, 2.45) is 4.99 Å². The molecule has 4 N–H and O–H groups in total. The molecular weight excluding hydrogens is 266 g/mol. The highest BCUT2D eigenvalue weighted by molar-refractivity contribution is 5.96. The molecule has 0 aliphatic carbocycles. The van der Waals surface area contributed by atoms with Gasteiger partial charge in [-0.05, 0) is 18.2 Å². The first kappa shape index (κ1) is 14.6. The second-order valence-corrected chi connectivity index (χ2v) is 4.44. The van der Waals surface area contributed by atoms with Gasteiger partial charge in [0.1, 0.15) is 5.75 Å². The lowest BCUT2D eigenvalue weighted by Crippen LogP contribution is -2.26. The maximum atomic E-state index is 11.8. The molecular formula is C16H17N3O2. The van der Waals surface area contributed by atoms with Crippen LogP contribution in [0.25, 0.3) is 0 Å². The van der Waals surface area contributed by atoms with Gasteiger partial charge in [-0.3, -0.25) is 9.79 Å². The molecule has 0 unspecified atom stereocenters. The third-order valence-corrected chi connectivity index (χ3v) is 2.90. The number of phenolic OH excluding ortho intramolecular Hbond substituents is 1. The van der Waals surface area contributed by atoms with Gasteiger partial charge in [-0.2, -0.15) is 0 Å². The molecule has 0 aliphatic heterocycles. The average molecular weight is 283 g/mol. The van der Waals surface area contributed by atoms with Gasteiger partial charge in [0.15, 0.2) is 0 Å². The monoisotopic (exact) mass is 283 g/mol. The molecule has 0 saturated carbocycles. The summed E-state index contributed by atoms with van der Waals surface area (Å²) in [6.45, 7) is 0.823. The Morgan fingerprint density at radius 3 is 2.67 bits per heavy atom. The van der Waals surface area contributed by atoms with Crippen LogP contribution in [0.15, 0.2) is 53.5 Å². The molecule has 0 spiro atoms. The number of carbonyl (C=O) groups is 1. The summed E-state index contributed by atoms with van der Waals surface area (Å²) in [5.41, 5.74) is 7.56. The number of hydrogen-bond donors (Lipinski definition) is 3. The molecule has 0 fully saturated rings. The molecule has 5 nitrogen and oxygen atoms in total. The van der Waals surface area contributed by atoms with Gasteiger partial charge in [-0.15, -0.1) is 0 Å². The molecule has 0 bridgehead atoms. The van der Waals surface area contributed by atoms with Crippen LogP contribution in [0.1, 0.15) is 15.9 Å². The van der Waals surface area contributed by atoms with E-state index in [0.717, 1.165) is 5.56 Å². The number of phenols is 1. The van der Waals surface area contributed by atoms with Crippen molar-refractivity contribution in [2.75, 3.05) is 18.8 Å². The molecule has 1 amide bonds. The van der Waals surface area contributed by atoms with Crippen molar-refractivity contribution < 1.29 is 9.90 Å². The summed E-state index contributed by atoms with van der Waals surface area (Å²) in [6, 6.07) is 13.8. The van der Waals surface area contributed by atoms with Crippen molar-refractivity contribution in [3.8, 4) is 5.75 Å². The number of rotatable bonds is 5. The lowest BCUT2D eigenvalue weighted by atomic mass is 10.2. The van der Waals surface area contributed by atoms with Gasteiger partial charge >= 0.3 is 0 Å². The number of aliphatic imine (C=N–C) groups is 1. The summed E-state index contributed by atoms with van der Waals surface area (Å²) < 4.78 is 0. The van der Waals surface area contributed by atoms with Crippen LogP contribution in [-0.4, -0.2) is 30.3 Å². The Morgan fingerprint density at radius 1 is 1.19 bits per heavy atom. The van der Waals surface area contributed by atoms with Gasteiger partial charge in [0.25, 0.3) is 5.91 Å². The van der Waals surface area contributed by atoms with Crippen molar-refractivity contribution >= 4 is 17.8 Å². The molecule has 0 aromatic heterocycles. The second-order valence-electron chi connectivity index (χ2n) is 4.44. The number of anilines is 1. The van der Waals surface area contributed by atoms with Gasteiger partial charge in [0.05, 0.1) is 12.1 Å². The first-order chi connectivity index (χ1) is 10.2. The van der Waals surface area contributed by atoms with Crippen LogP contribution in [0, 0.1) is 0 Å². The molecule has 0 aliphatic rings. The minimum absolute atomic E-state index is 0.0319. The SMILES string of the molecule is Nc1ccccc1C=NCCNC(=O)c1ccccc1O. The molecule has 2 aromatic rings. The molecule has 2 rings (SSSR count). The van der Waals surface area contributed by atoms with Crippen molar-refractivity contribution in [3.63, 3.8) is 0 Å². The fraction of sp³-hybridized carbons (Fsp3) is 0.125. The highest BCUT2D eigenvalue weighted by Gasteiger charge is 2.08. The van der Waals surface area contributed by atoms with E-state index in [1.54, 1.807) is 30.5 Å². The Hall–Kier alpha value is -2.82. The fourth-order valence-corrected chi connectivity index (χ4v) is 1.79. The van der Waals surface area contributed by atoms with Crippen LogP contribution in [0.2, 0.25) is 0 Å². The summed E-state index contributed by atoms with van der Waals surface area (Å²) in [7, 11) is 0. The lowest BCUT2D eigenvalue weighted by molar-refractivity contribution is 0.0952. The Balaban J connectivity index is 1.81. The highest BCUT2D eigenvalue weighted by Crippen LogP contribution is 2.14. The van der Waals surface area contributed by atoms with E-state index in [2.05, 4.69) is 10.3 Å². The van der Waals surface area contributed by atoms with E-state index in [9.17, 15) is 9.90 Å². The van der Waals surface area contributed by atoms with E-state index in [1.807, 2.05) is 18.2 Å². The number of nitrogens with zero attached hydrogens (tertiary/aromatic N) is 1. The normalized spacial score (nSPS) is 10.7. The lowest BCUT2D eigenvalue weighted by Gasteiger charge is -2.05. The van der Waals surface area contributed by atoms with E-state index < -0.39 is 0 Å². The van der Waals surface area contributed by atoms with Gasteiger partial charge < -0.3 is 16.2 Å². The zero-order valence-corrected chi connectivity index (χ0v) is 11.5. The molecule has 5 heteroatoms. The largest absolute Gasteiger partial charge is 0.507 e. The topological polar surface area (TPSA) is 87.7 Å². The first-order valence-electron chi connectivity index (χ1n) is 6.59. The Labute approximate surface area is 123 Å². The molecule has 0 saturated heterocycles. The highest BCUT2D eigenvalue weighted by atomic mass is 16.3. The molecule has 2 aromatic carbocycles.